The fourth-order valence-electron chi connectivity index (χ4n) is 1.57. The zero-order valence-electron chi connectivity index (χ0n) is 7.87. The largest absolute Gasteiger partial charge is 0.508 e. The topological polar surface area (TPSA) is 37.3 Å². The minimum absolute atomic E-state index is 0.0687. The zero-order chi connectivity index (χ0) is 10.3. The quantitative estimate of drug-likeness (QED) is 0.676. The first-order valence-electron chi connectivity index (χ1n) is 4.35. The molecule has 0 aliphatic heterocycles. The second kappa shape index (κ2) is 2.84. The molecule has 2 rings (SSSR count). The van der Waals surface area contributed by atoms with Gasteiger partial charge >= 0.3 is 0 Å². The van der Waals surface area contributed by atoms with Gasteiger partial charge in [0.15, 0.2) is 5.78 Å². The number of allylic oxidation sites excluding steroid dienone is 3. The summed E-state index contributed by atoms with van der Waals surface area (Å²) in [7, 11) is 0. The van der Waals surface area contributed by atoms with Crippen molar-refractivity contribution in [2.24, 2.45) is 0 Å². The SMILES string of the molecule is C=C1C(C)=CC(=O)c2cc(O)ccc21. The number of carbonyl (C=O) groups excluding carboxylic acids is 1. The number of phenolic OH excluding ortho intramolecular Hbond substituents is 1. The smallest absolute Gasteiger partial charge is 0.186 e. The van der Waals surface area contributed by atoms with Crippen LogP contribution in [0.5, 0.6) is 5.75 Å². The Labute approximate surface area is 82.2 Å². The van der Waals surface area contributed by atoms with E-state index in [9.17, 15) is 9.90 Å². The standard InChI is InChI=1S/C12H10O2/c1-7-5-12(14)11-6-9(13)3-4-10(11)8(7)2/h3-6,13H,2H2,1H3. The maximum atomic E-state index is 11.6. The first-order chi connectivity index (χ1) is 6.59. The van der Waals surface area contributed by atoms with Gasteiger partial charge in [0.2, 0.25) is 0 Å². The Morgan fingerprint density at radius 3 is 2.71 bits per heavy atom. The van der Waals surface area contributed by atoms with Crippen LogP contribution in [0.25, 0.3) is 5.57 Å². The summed E-state index contributed by atoms with van der Waals surface area (Å²) in [6, 6.07) is 4.77. The monoisotopic (exact) mass is 186 g/mol. The van der Waals surface area contributed by atoms with Gasteiger partial charge in [0.05, 0.1) is 0 Å². The third-order valence-corrected chi connectivity index (χ3v) is 2.42. The Kier molecular flexibility index (Phi) is 1.78. The molecule has 0 saturated carbocycles. The summed E-state index contributed by atoms with van der Waals surface area (Å²) < 4.78 is 0. The number of hydrogen-bond donors (Lipinski definition) is 1. The van der Waals surface area contributed by atoms with Gasteiger partial charge in [-0.3, -0.25) is 4.79 Å². The molecule has 2 nitrogen and oxygen atoms in total. The number of ketones is 1. The van der Waals surface area contributed by atoms with Crippen LogP contribution in [0.2, 0.25) is 0 Å². The van der Waals surface area contributed by atoms with Crippen molar-refractivity contribution < 1.29 is 9.90 Å². The summed E-state index contributed by atoms with van der Waals surface area (Å²) in [6.45, 7) is 5.76. The summed E-state index contributed by atoms with van der Waals surface area (Å²) in [5.74, 6) is 0.0404. The number of carbonyl (C=O) groups is 1. The summed E-state index contributed by atoms with van der Waals surface area (Å²) in [5.41, 5.74) is 3.07. The lowest BCUT2D eigenvalue weighted by Crippen LogP contribution is -2.06. The van der Waals surface area contributed by atoms with E-state index in [-0.39, 0.29) is 11.5 Å². The van der Waals surface area contributed by atoms with Gasteiger partial charge < -0.3 is 5.11 Å². The maximum Gasteiger partial charge on any atom is 0.186 e. The summed E-state index contributed by atoms with van der Waals surface area (Å²) in [6.07, 6.45) is 1.55. The molecule has 1 aromatic carbocycles. The van der Waals surface area contributed by atoms with Crippen LogP contribution >= 0.6 is 0 Å². The molecule has 1 aromatic rings. The summed E-state index contributed by atoms with van der Waals surface area (Å²) in [4.78, 5) is 11.6. The second-order valence-electron chi connectivity index (χ2n) is 3.40. The lowest BCUT2D eigenvalue weighted by atomic mass is 9.88. The van der Waals surface area contributed by atoms with E-state index in [0.717, 1.165) is 16.7 Å². The van der Waals surface area contributed by atoms with Gasteiger partial charge in [0, 0.05) is 5.56 Å². The number of fused-ring (bicyclic) bond motifs is 1. The Hall–Kier alpha value is -1.83. The van der Waals surface area contributed by atoms with Gasteiger partial charge in [-0.05, 0) is 47.9 Å². The number of benzene rings is 1. The Bertz CT molecular complexity index is 467. The molecule has 0 saturated heterocycles. The molecule has 0 atom stereocenters. The Morgan fingerprint density at radius 2 is 2.00 bits per heavy atom. The Morgan fingerprint density at radius 1 is 1.29 bits per heavy atom. The van der Waals surface area contributed by atoms with Crippen molar-refractivity contribution in [3.8, 4) is 5.75 Å². The zero-order valence-corrected chi connectivity index (χ0v) is 7.87. The minimum atomic E-state index is -0.0687. The molecule has 0 fully saturated rings. The van der Waals surface area contributed by atoms with Crippen molar-refractivity contribution >= 4 is 11.4 Å². The third kappa shape index (κ3) is 1.16. The van der Waals surface area contributed by atoms with Gasteiger partial charge in [-0.1, -0.05) is 6.58 Å². The third-order valence-electron chi connectivity index (χ3n) is 2.42. The average Bonchev–Trinajstić information content (AvgIpc) is 2.14. The lowest BCUT2D eigenvalue weighted by Gasteiger charge is -2.16. The molecular weight excluding hydrogens is 176 g/mol. The van der Waals surface area contributed by atoms with E-state index < -0.39 is 0 Å². The van der Waals surface area contributed by atoms with Crippen LogP contribution in [0.3, 0.4) is 0 Å². The highest BCUT2D eigenvalue weighted by Gasteiger charge is 2.18. The number of phenols is 1. The van der Waals surface area contributed by atoms with Gasteiger partial charge in [0.1, 0.15) is 5.75 Å². The number of hydrogen-bond acceptors (Lipinski definition) is 2. The molecule has 0 heterocycles. The first kappa shape index (κ1) is 8.75. The normalized spacial score (nSPS) is 15.1. The van der Waals surface area contributed by atoms with Crippen molar-refractivity contribution in [2.75, 3.05) is 0 Å². The van der Waals surface area contributed by atoms with Crippen LogP contribution in [-0.2, 0) is 0 Å². The molecule has 0 amide bonds. The predicted octanol–water partition coefficient (Wildman–Crippen LogP) is 2.55. The van der Waals surface area contributed by atoms with Crippen LogP contribution < -0.4 is 0 Å². The second-order valence-corrected chi connectivity index (χ2v) is 3.40. The van der Waals surface area contributed by atoms with Crippen molar-refractivity contribution in [2.45, 2.75) is 6.92 Å². The van der Waals surface area contributed by atoms with E-state index in [0.29, 0.717) is 5.56 Å². The molecule has 0 bridgehead atoms. The minimum Gasteiger partial charge on any atom is -0.508 e. The highest BCUT2D eigenvalue weighted by atomic mass is 16.3. The van der Waals surface area contributed by atoms with E-state index in [4.69, 9.17) is 0 Å². The molecule has 1 aliphatic carbocycles. The van der Waals surface area contributed by atoms with Crippen LogP contribution in [0, 0.1) is 0 Å². The highest BCUT2D eigenvalue weighted by molar-refractivity contribution is 6.13. The van der Waals surface area contributed by atoms with E-state index in [1.165, 1.54) is 6.07 Å². The molecule has 0 radical (unpaired) electrons. The Balaban J connectivity index is 2.69. The van der Waals surface area contributed by atoms with Gasteiger partial charge in [0.25, 0.3) is 0 Å². The van der Waals surface area contributed by atoms with E-state index >= 15 is 0 Å². The number of rotatable bonds is 0. The van der Waals surface area contributed by atoms with Crippen molar-refractivity contribution in [1.82, 2.24) is 0 Å². The van der Waals surface area contributed by atoms with Crippen LogP contribution in [0.15, 0.2) is 36.4 Å². The fraction of sp³-hybridized carbons (Fsp3) is 0.0833. The molecule has 0 spiro atoms. The van der Waals surface area contributed by atoms with Gasteiger partial charge in [-0.2, -0.15) is 0 Å². The van der Waals surface area contributed by atoms with Crippen molar-refractivity contribution in [3.63, 3.8) is 0 Å². The number of aromatic hydroxyl groups is 1. The molecular formula is C12H10O2. The van der Waals surface area contributed by atoms with E-state index in [1.54, 1.807) is 18.2 Å². The maximum absolute atomic E-state index is 11.6. The van der Waals surface area contributed by atoms with Crippen LogP contribution in [-0.4, -0.2) is 10.9 Å². The first-order valence-corrected chi connectivity index (χ1v) is 4.35. The molecule has 70 valence electrons. The molecule has 0 unspecified atom stereocenters. The molecule has 1 aliphatic rings. The van der Waals surface area contributed by atoms with E-state index in [1.807, 2.05) is 6.92 Å². The molecule has 0 aromatic heterocycles. The fourth-order valence-corrected chi connectivity index (χ4v) is 1.57. The average molecular weight is 186 g/mol. The van der Waals surface area contributed by atoms with Gasteiger partial charge in [-0.25, -0.2) is 0 Å². The molecule has 14 heavy (non-hydrogen) atoms. The summed E-state index contributed by atoms with van der Waals surface area (Å²) in [5, 5.41) is 9.26. The van der Waals surface area contributed by atoms with E-state index in [2.05, 4.69) is 6.58 Å². The predicted molar refractivity (Wildman–Crippen MR) is 55.2 cm³/mol. The molecule has 2 heteroatoms. The van der Waals surface area contributed by atoms with Crippen LogP contribution in [0.1, 0.15) is 22.8 Å². The highest BCUT2D eigenvalue weighted by Crippen LogP contribution is 2.31. The van der Waals surface area contributed by atoms with Crippen molar-refractivity contribution in [3.05, 3.63) is 47.6 Å². The van der Waals surface area contributed by atoms with Crippen molar-refractivity contribution in [1.29, 1.82) is 0 Å². The van der Waals surface area contributed by atoms with Crippen LogP contribution in [0.4, 0.5) is 0 Å². The molecule has 1 N–H and O–H groups in total. The lowest BCUT2D eigenvalue weighted by molar-refractivity contribution is 0.104. The summed E-state index contributed by atoms with van der Waals surface area (Å²) >= 11 is 0. The van der Waals surface area contributed by atoms with Gasteiger partial charge in [-0.15, -0.1) is 0 Å².